The van der Waals surface area contributed by atoms with Gasteiger partial charge in [-0.2, -0.15) is 8.78 Å². The van der Waals surface area contributed by atoms with Crippen molar-refractivity contribution in [3.05, 3.63) is 12.0 Å². The zero-order valence-electron chi connectivity index (χ0n) is 11.7. The van der Waals surface area contributed by atoms with Crippen molar-refractivity contribution in [2.24, 2.45) is 5.73 Å². The van der Waals surface area contributed by atoms with Crippen molar-refractivity contribution in [2.75, 3.05) is 0 Å². The van der Waals surface area contributed by atoms with E-state index in [9.17, 15) is 33.5 Å². The van der Waals surface area contributed by atoms with Gasteiger partial charge in [0.05, 0.1) is 12.5 Å². The molecule has 7 N–H and O–H groups in total. The number of aromatic hydroxyl groups is 1. The normalized spacial score (nSPS) is 28.2. The summed E-state index contributed by atoms with van der Waals surface area (Å²) in [6.07, 6.45) is -8.02. The van der Waals surface area contributed by atoms with Gasteiger partial charge >= 0.3 is 13.3 Å². The van der Waals surface area contributed by atoms with E-state index in [1.54, 1.807) is 0 Å². The molecule has 1 aromatic heterocycles. The first-order chi connectivity index (χ1) is 10.9. The number of ether oxygens (including phenoxy) is 1. The first-order valence-corrected chi connectivity index (χ1v) is 7.98. The van der Waals surface area contributed by atoms with E-state index in [0.29, 0.717) is 4.57 Å². The van der Waals surface area contributed by atoms with Crippen LogP contribution >= 0.6 is 7.60 Å². The lowest BCUT2D eigenvalue weighted by atomic mass is 10.1. The summed E-state index contributed by atoms with van der Waals surface area (Å²) in [6, 6.07) is 0. The minimum Gasteiger partial charge on any atom is -0.493 e. The second-order valence-corrected chi connectivity index (χ2v) is 6.89. The van der Waals surface area contributed by atoms with Gasteiger partial charge in [0.15, 0.2) is 11.9 Å². The van der Waals surface area contributed by atoms with Crippen molar-refractivity contribution in [1.29, 1.82) is 0 Å². The molecule has 0 saturated carbocycles. The van der Waals surface area contributed by atoms with Crippen molar-refractivity contribution in [2.45, 2.75) is 36.6 Å². The van der Waals surface area contributed by atoms with Crippen LogP contribution < -0.4 is 5.73 Å². The minimum atomic E-state index is -5.81. The van der Waals surface area contributed by atoms with E-state index in [4.69, 9.17) is 20.3 Å². The van der Waals surface area contributed by atoms with Crippen LogP contribution in [0.1, 0.15) is 23.1 Å². The molecule has 0 aliphatic carbocycles. The molecule has 1 aliphatic heterocycles. The van der Waals surface area contributed by atoms with E-state index in [1.165, 1.54) is 0 Å². The Morgan fingerprint density at radius 1 is 1.42 bits per heavy atom. The number of hydrogen-bond acceptors (Lipinski definition) is 7. The Balaban J connectivity index is 2.25. The molecule has 0 radical (unpaired) electrons. The van der Waals surface area contributed by atoms with E-state index < -0.39 is 61.7 Å². The highest BCUT2D eigenvalue weighted by Gasteiger charge is 2.55. The molecular formula is C10H14F2N3O8P. The Hall–Kier alpha value is -1.63. The predicted molar refractivity (Wildman–Crippen MR) is 69.9 cm³/mol. The SMILES string of the molecule is NC(=O)c1ncn([C@@H]2OC(CC(F)(F)P(=O)(O)O)[C@@H](O)[C@H]2O)c1O. The van der Waals surface area contributed by atoms with Crippen LogP contribution in [0.5, 0.6) is 5.88 Å². The Bertz CT molecular complexity index is 692. The number of alkyl halides is 2. The van der Waals surface area contributed by atoms with E-state index in [0.717, 1.165) is 6.33 Å². The summed E-state index contributed by atoms with van der Waals surface area (Å²) < 4.78 is 43.3. The molecule has 4 atom stereocenters. The molecule has 1 fully saturated rings. The van der Waals surface area contributed by atoms with Gasteiger partial charge < -0.3 is 35.6 Å². The number of aromatic nitrogens is 2. The number of imidazole rings is 1. The molecule has 1 saturated heterocycles. The van der Waals surface area contributed by atoms with Crippen LogP contribution in [0.4, 0.5) is 8.78 Å². The zero-order chi connectivity index (χ0) is 18.4. The smallest absolute Gasteiger partial charge is 0.394 e. The third kappa shape index (κ3) is 3.14. The van der Waals surface area contributed by atoms with Crippen LogP contribution in [0, 0.1) is 0 Å². The van der Waals surface area contributed by atoms with Gasteiger partial charge in [-0.25, -0.2) is 4.98 Å². The van der Waals surface area contributed by atoms with E-state index in [-0.39, 0.29) is 0 Å². The summed E-state index contributed by atoms with van der Waals surface area (Å²) in [4.78, 5) is 31.7. The van der Waals surface area contributed by atoms with Crippen molar-refractivity contribution in [3.8, 4) is 5.88 Å². The molecule has 0 bridgehead atoms. The Morgan fingerprint density at radius 2 is 2.00 bits per heavy atom. The highest BCUT2D eigenvalue weighted by atomic mass is 31.2. The molecule has 24 heavy (non-hydrogen) atoms. The van der Waals surface area contributed by atoms with Gasteiger partial charge in [-0.05, 0) is 0 Å². The molecule has 2 heterocycles. The Kier molecular flexibility index (Phi) is 4.69. The highest BCUT2D eigenvalue weighted by Crippen LogP contribution is 2.56. The minimum absolute atomic E-state index is 0.579. The average molecular weight is 373 g/mol. The number of aliphatic hydroxyl groups is 2. The van der Waals surface area contributed by atoms with Gasteiger partial charge in [0, 0.05) is 0 Å². The third-order valence-electron chi connectivity index (χ3n) is 3.49. The van der Waals surface area contributed by atoms with Crippen LogP contribution in [0.15, 0.2) is 6.33 Å². The van der Waals surface area contributed by atoms with Crippen LogP contribution in [-0.2, 0) is 9.30 Å². The van der Waals surface area contributed by atoms with Gasteiger partial charge in [-0.1, -0.05) is 0 Å². The van der Waals surface area contributed by atoms with Crippen molar-refractivity contribution in [3.63, 3.8) is 0 Å². The number of nitrogens with zero attached hydrogens (tertiary/aromatic N) is 2. The van der Waals surface area contributed by atoms with E-state index >= 15 is 0 Å². The number of primary amides is 1. The maximum atomic E-state index is 13.4. The molecular weight excluding hydrogens is 359 g/mol. The monoisotopic (exact) mass is 373 g/mol. The van der Waals surface area contributed by atoms with Crippen molar-refractivity contribution in [1.82, 2.24) is 9.55 Å². The first kappa shape index (κ1) is 18.7. The average Bonchev–Trinajstić information content (AvgIpc) is 2.93. The lowest BCUT2D eigenvalue weighted by Crippen LogP contribution is -2.35. The fourth-order valence-corrected chi connectivity index (χ4v) is 2.62. The van der Waals surface area contributed by atoms with Crippen molar-refractivity contribution >= 4 is 13.5 Å². The number of hydrogen-bond donors (Lipinski definition) is 6. The largest absolute Gasteiger partial charge is 0.493 e. The standard InChI is InChI=1S/C10H14F2N3O8P/c11-10(12,24(20,21)22)1-3-5(16)6(17)9(23-3)15-2-14-4(7(13)18)8(15)19/h2-3,5-6,9,16-17,19H,1H2,(H2,13,18)(H2,20,21,22)/t3?,5-,6-,9-/m1/s1. The Morgan fingerprint density at radius 3 is 2.46 bits per heavy atom. The maximum absolute atomic E-state index is 13.4. The van der Waals surface area contributed by atoms with Gasteiger partial charge in [0.25, 0.3) is 5.91 Å². The molecule has 14 heteroatoms. The fraction of sp³-hybridized carbons (Fsp3) is 0.600. The number of amides is 1. The summed E-state index contributed by atoms with van der Waals surface area (Å²) in [5, 5.41) is 29.4. The molecule has 1 amide bonds. The molecule has 0 aromatic carbocycles. The first-order valence-electron chi connectivity index (χ1n) is 6.37. The number of aliphatic hydroxyl groups excluding tert-OH is 2. The molecule has 1 aromatic rings. The van der Waals surface area contributed by atoms with Crippen molar-refractivity contribution < 1.29 is 48.0 Å². The second kappa shape index (κ2) is 6.02. The molecule has 0 spiro atoms. The highest BCUT2D eigenvalue weighted by molar-refractivity contribution is 7.53. The number of halogens is 2. The maximum Gasteiger partial charge on any atom is 0.394 e. The predicted octanol–water partition coefficient (Wildman–Crippen LogP) is -1.53. The quantitative estimate of drug-likeness (QED) is 0.333. The molecule has 1 aliphatic rings. The van der Waals surface area contributed by atoms with Crippen LogP contribution in [0.3, 0.4) is 0 Å². The molecule has 136 valence electrons. The lowest BCUT2D eigenvalue weighted by molar-refractivity contribution is -0.0711. The van der Waals surface area contributed by atoms with Gasteiger partial charge in [0.1, 0.15) is 18.5 Å². The lowest BCUT2D eigenvalue weighted by Gasteiger charge is -2.22. The Labute approximate surface area is 132 Å². The van der Waals surface area contributed by atoms with Crippen LogP contribution in [0.2, 0.25) is 0 Å². The summed E-state index contributed by atoms with van der Waals surface area (Å²) in [5.41, 5.74) is -0.143. The molecule has 2 rings (SSSR count). The number of rotatable bonds is 5. The van der Waals surface area contributed by atoms with Gasteiger partial charge in [-0.3, -0.25) is 13.9 Å². The third-order valence-corrected chi connectivity index (χ3v) is 4.52. The van der Waals surface area contributed by atoms with Crippen LogP contribution in [-0.4, -0.2) is 64.5 Å². The zero-order valence-corrected chi connectivity index (χ0v) is 12.6. The fourth-order valence-electron chi connectivity index (χ4n) is 2.20. The second-order valence-electron chi connectivity index (χ2n) is 5.15. The summed E-state index contributed by atoms with van der Waals surface area (Å²) in [5.74, 6) is -1.94. The number of carbonyl (C=O) groups excluding carboxylic acids is 1. The summed E-state index contributed by atoms with van der Waals surface area (Å²) >= 11 is 0. The van der Waals surface area contributed by atoms with E-state index in [1.807, 2.05) is 0 Å². The van der Waals surface area contributed by atoms with Gasteiger partial charge in [0.2, 0.25) is 5.88 Å². The van der Waals surface area contributed by atoms with Gasteiger partial charge in [-0.15, -0.1) is 0 Å². The van der Waals surface area contributed by atoms with E-state index in [2.05, 4.69) is 4.98 Å². The number of carbonyl (C=O) groups is 1. The molecule has 11 nitrogen and oxygen atoms in total. The molecule has 1 unspecified atom stereocenters. The number of nitrogens with two attached hydrogens (primary N) is 1. The topological polar surface area (TPSA) is 188 Å². The summed E-state index contributed by atoms with van der Waals surface area (Å²) in [7, 11) is -5.81. The van der Waals surface area contributed by atoms with Crippen LogP contribution in [0.25, 0.3) is 0 Å². The summed E-state index contributed by atoms with van der Waals surface area (Å²) in [6.45, 7) is 0.